The zero-order chi connectivity index (χ0) is 11.5. The molecule has 1 aliphatic heterocycles. The van der Waals surface area contributed by atoms with Crippen molar-refractivity contribution in [2.24, 2.45) is 5.92 Å². The van der Waals surface area contributed by atoms with E-state index in [1.165, 1.54) is 6.33 Å². The average molecular weight is 335 g/mol. The molecule has 2 atom stereocenters. The van der Waals surface area contributed by atoms with Crippen LogP contribution < -0.4 is 15.6 Å². The zero-order valence-electron chi connectivity index (χ0n) is 9.00. The summed E-state index contributed by atoms with van der Waals surface area (Å²) in [5.41, 5.74) is -0.151. The first kappa shape index (κ1) is 11.8. The van der Waals surface area contributed by atoms with Crippen LogP contribution in [0.2, 0.25) is 0 Å². The summed E-state index contributed by atoms with van der Waals surface area (Å²) in [6, 6.07) is 0. The van der Waals surface area contributed by atoms with Crippen LogP contribution in [-0.2, 0) is 0 Å². The van der Waals surface area contributed by atoms with Crippen LogP contribution in [0.4, 0.5) is 0 Å². The summed E-state index contributed by atoms with van der Waals surface area (Å²) in [5.74, 6) is 0.919. The predicted octanol–water partition coefficient (Wildman–Crippen LogP) is 0.751. The Morgan fingerprint density at radius 1 is 1.62 bits per heavy atom. The maximum absolute atomic E-state index is 11.4. The highest BCUT2D eigenvalue weighted by Crippen LogP contribution is 2.20. The van der Waals surface area contributed by atoms with Crippen LogP contribution in [0, 0.1) is 9.49 Å². The molecule has 0 bridgehead atoms. The number of nitrogens with zero attached hydrogens (tertiary/aromatic N) is 1. The summed E-state index contributed by atoms with van der Waals surface area (Å²) in [6.07, 6.45) is 2.56. The highest BCUT2D eigenvalue weighted by molar-refractivity contribution is 14.1. The fourth-order valence-corrected chi connectivity index (χ4v) is 2.13. The molecule has 0 spiro atoms. The van der Waals surface area contributed by atoms with Crippen molar-refractivity contribution in [3.8, 4) is 5.88 Å². The lowest BCUT2D eigenvalue weighted by Crippen LogP contribution is -2.43. The van der Waals surface area contributed by atoms with Gasteiger partial charge in [0.2, 0.25) is 5.88 Å². The number of aromatic nitrogens is 2. The molecule has 2 rings (SSSR count). The second-order valence-corrected chi connectivity index (χ2v) is 5.06. The number of hydrogen-bond donors (Lipinski definition) is 2. The Kier molecular flexibility index (Phi) is 3.80. The van der Waals surface area contributed by atoms with E-state index in [9.17, 15) is 4.79 Å². The molecule has 0 aromatic carbocycles. The molecule has 2 unspecified atom stereocenters. The largest absolute Gasteiger partial charge is 0.472 e. The molecule has 6 heteroatoms. The summed E-state index contributed by atoms with van der Waals surface area (Å²) in [6.45, 7) is 4.00. The second kappa shape index (κ2) is 5.13. The van der Waals surface area contributed by atoms with Gasteiger partial charge in [0.05, 0.1) is 6.33 Å². The Morgan fingerprint density at radius 3 is 3.19 bits per heavy atom. The third-order valence-corrected chi connectivity index (χ3v) is 3.74. The second-order valence-electron chi connectivity index (χ2n) is 3.98. The molecule has 1 aliphatic rings. The fraction of sp³-hybridized carbons (Fsp3) is 0.600. The molecule has 5 nitrogen and oxygen atoms in total. The third kappa shape index (κ3) is 2.54. The van der Waals surface area contributed by atoms with Gasteiger partial charge in [0, 0.05) is 6.54 Å². The molecule has 2 heterocycles. The topological polar surface area (TPSA) is 67.0 Å². The van der Waals surface area contributed by atoms with Gasteiger partial charge >= 0.3 is 0 Å². The van der Waals surface area contributed by atoms with Crippen LogP contribution in [0.25, 0.3) is 0 Å². The first-order chi connectivity index (χ1) is 7.68. The van der Waals surface area contributed by atoms with Crippen LogP contribution in [0.1, 0.15) is 13.3 Å². The summed E-state index contributed by atoms with van der Waals surface area (Å²) in [4.78, 5) is 17.9. The lowest BCUT2D eigenvalue weighted by molar-refractivity contribution is 0.108. The van der Waals surface area contributed by atoms with Gasteiger partial charge in [0.25, 0.3) is 5.56 Å². The number of hydrogen-bond acceptors (Lipinski definition) is 4. The predicted molar refractivity (Wildman–Crippen MR) is 68.6 cm³/mol. The molecule has 0 aliphatic carbocycles. The van der Waals surface area contributed by atoms with E-state index < -0.39 is 0 Å². The normalized spacial score (nSPS) is 25.4. The molecular weight excluding hydrogens is 321 g/mol. The molecule has 1 aromatic rings. The van der Waals surface area contributed by atoms with Gasteiger partial charge in [0.1, 0.15) is 9.67 Å². The van der Waals surface area contributed by atoms with Crippen molar-refractivity contribution in [2.75, 3.05) is 13.1 Å². The summed E-state index contributed by atoms with van der Waals surface area (Å²) in [5, 5.41) is 3.28. The molecule has 0 radical (unpaired) electrons. The van der Waals surface area contributed by atoms with Crippen LogP contribution in [0.3, 0.4) is 0 Å². The first-order valence-corrected chi connectivity index (χ1v) is 6.37. The summed E-state index contributed by atoms with van der Waals surface area (Å²) in [7, 11) is 0. The van der Waals surface area contributed by atoms with E-state index in [-0.39, 0.29) is 11.7 Å². The van der Waals surface area contributed by atoms with Crippen molar-refractivity contribution in [2.45, 2.75) is 19.4 Å². The first-order valence-electron chi connectivity index (χ1n) is 5.29. The van der Waals surface area contributed by atoms with Gasteiger partial charge in [-0.2, -0.15) is 0 Å². The minimum atomic E-state index is -0.151. The van der Waals surface area contributed by atoms with Crippen molar-refractivity contribution in [1.29, 1.82) is 0 Å². The Labute approximate surface area is 107 Å². The highest BCUT2D eigenvalue weighted by atomic mass is 127. The Balaban J connectivity index is 2.14. The van der Waals surface area contributed by atoms with Crippen LogP contribution in [-0.4, -0.2) is 29.2 Å². The van der Waals surface area contributed by atoms with Gasteiger partial charge in [-0.3, -0.25) is 4.79 Å². The van der Waals surface area contributed by atoms with Gasteiger partial charge < -0.3 is 15.0 Å². The number of ether oxygens (including phenoxy) is 1. The third-order valence-electron chi connectivity index (χ3n) is 2.78. The van der Waals surface area contributed by atoms with Gasteiger partial charge in [-0.1, -0.05) is 6.92 Å². The lowest BCUT2D eigenvalue weighted by Gasteiger charge is -2.29. The molecule has 16 heavy (non-hydrogen) atoms. The minimum Gasteiger partial charge on any atom is -0.472 e. The maximum Gasteiger partial charge on any atom is 0.268 e. The quantitative estimate of drug-likeness (QED) is 0.783. The number of piperidine rings is 1. The van der Waals surface area contributed by atoms with E-state index in [1.54, 1.807) is 0 Å². The van der Waals surface area contributed by atoms with E-state index in [4.69, 9.17) is 4.74 Å². The van der Waals surface area contributed by atoms with Gasteiger partial charge in [-0.25, -0.2) is 4.98 Å². The molecule has 88 valence electrons. The molecule has 0 amide bonds. The lowest BCUT2D eigenvalue weighted by atomic mass is 9.97. The van der Waals surface area contributed by atoms with Crippen LogP contribution in [0.5, 0.6) is 5.88 Å². The number of rotatable bonds is 2. The van der Waals surface area contributed by atoms with Gasteiger partial charge in [-0.15, -0.1) is 0 Å². The SMILES string of the molecule is CC1CCNCC1Oc1nc[nH]c(=O)c1I. The Morgan fingerprint density at radius 2 is 2.44 bits per heavy atom. The summed E-state index contributed by atoms with van der Waals surface area (Å²) >= 11 is 1.96. The molecule has 1 aromatic heterocycles. The van der Waals surface area contributed by atoms with Crippen LogP contribution in [0.15, 0.2) is 11.1 Å². The Bertz CT molecular complexity index is 421. The zero-order valence-corrected chi connectivity index (χ0v) is 11.2. The average Bonchev–Trinajstić information content (AvgIpc) is 2.28. The van der Waals surface area contributed by atoms with E-state index in [1.807, 2.05) is 22.6 Å². The molecule has 1 fully saturated rings. The number of H-pyrrole nitrogens is 1. The highest BCUT2D eigenvalue weighted by Gasteiger charge is 2.24. The fourth-order valence-electron chi connectivity index (χ4n) is 1.71. The maximum atomic E-state index is 11.4. The van der Waals surface area contributed by atoms with Crippen molar-refractivity contribution < 1.29 is 4.74 Å². The van der Waals surface area contributed by atoms with Crippen molar-refractivity contribution in [3.63, 3.8) is 0 Å². The van der Waals surface area contributed by atoms with Crippen molar-refractivity contribution in [1.82, 2.24) is 15.3 Å². The smallest absolute Gasteiger partial charge is 0.268 e. The molecule has 0 saturated carbocycles. The van der Waals surface area contributed by atoms with Crippen molar-refractivity contribution in [3.05, 3.63) is 20.3 Å². The summed E-state index contributed by atoms with van der Waals surface area (Å²) < 4.78 is 6.29. The van der Waals surface area contributed by atoms with Gasteiger partial charge in [0.15, 0.2) is 0 Å². The van der Waals surface area contributed by atoms with E-state index in [0.717, 1.165) is 19.5 Å². The number of aromatic amines is 1. The standard InChI is InChI=1S/C10H14IN3O2/c1-6-2-3-12-4-7(6)16-10-8(11)9(15)13-5-14-10/h5-7,12H,2-4H2,1H3,(H,13,14,15). The number of nitrogens with one attached hydrogen (secondary N) is 2. The van der Waals surface area contributed by atoms with Gasteiger partial charge in [-0.05, 0) is 41.5 Å². The van der Waals surface area contributed by atoms with E-state index in [2.05, 4.69) is 22.2 Å². The Hall–Kier alpha value is -0.630. The van der Waals surface area contributed by atoms with E-state index >= 15 is 0 Å². The number of halogens is 1. The van der Waals surface area contributed by atoms with Crippen molar-refractivity contribution >= 4 is 22.6 Å². The molecule has 2 N–H and O–H groups in total. The molecule has 1 saturated heterocycles. The van der Waals surface area contributed by atoms with Crippen LogP contribution >= 0.6 is 22.6 Å². The van der Waals surface area contributed by atoms with E-state index in [0.29, 0.717) is 15.4 Å². The molecular formula is C10H14IN3O2. The monoisotopic (exact) mass is 335 g/mol. The minimum absolute atomic E-state index is 0.0940.